The lowest BCUT2D eigenvalue weighted by Crippen LogP contribution is -2.62. The van der Waals surface area contributed by atoms with E-state index in [0.29, 0.717) is 0 Å². The van der Waals surface area contributed by atoms with E-state index in [1.165, 1.54) is 11.8 Å². The van der Waals surface area contributed by atoms with Gasteiger partial charge in [0.2, 0.25) is 0 Å². The zero-order valence-electron chi connectivity index (χ0n) is 21.5. The summed E-state index contributed by atoms with van der Waals surface area (Å²) in [6.07, 6.45) is -3.35. The smallest absolute Gasteiger partial charge is 0.192 e. The molecule has 1 saturated heterocycles. The minimum Gasteiger partial charge on any atom is -0.414 e. The summed E-state index contributed by atoms with van der Waals surface area (Å²) in [7, 11) is -4.23. The van der Waals surface area contributed by atoms with Gasteiger partial charge in [-0.3, -0.25) is 0 Å². The fourth-order valence-corrected chi connectivity index (χ4v) is 6.46. The van der Waals surface area contributed by atoms with Crippen LogP contribution in [0.3, 0.4) is 0 Å². The molecule has 0 aliphatic carbocycles. The first-order chi connectivity index (χ1) is 14.5. The van der Waals surface area contributed by atoms with Gasteiger partial charge in [0.25, 0.3) is 0 Å². The fourth-order valence-electron chi connectivity index (χ4n) is 2.92. The molecule has 0 unspecified atom stereocenters. The molecular formula is C24H44O5SSi2. The van der Waals surface area contributed by atoms with Crippen LogP contribution in [0, 0.1) is 0 Å². The van der Waals surface area contributed by atoms with E-state index in [1.807, 2.05) is 30.3 Å². The molecule has 1 aliphatic rings. The number of benzene rings is 1. The highest BCUT2D eigenvalue weighted by molar-refractivity contribution is 7.99. The summed E-state index contributed by atoms with van der Waals surface area (Å²) in [6, 6.07) is 9.99. The van der Waals surface area contributed by atoms with Gasteiger partial charge in [-0.15, -0.1) is 0 Å². The largest absolute Gasteiger partial charge is 0.414 e. The van der Waals surface area contributed by atoms with Crippen LogP contribution in [-0.4, -0.2) is 63.3 Å². The van der Waals surface area contributed by atoms with E-state index in [1.54, 1.807) is 0 Å². The highest BCUT2D eigenvalue weighted by Crippen LogP contribution is 2.43. The average Bonchev–Trinajstić information content (AvgIpc) is 2.65. The SMILES string of the molecule is CC(C)(C)[Si](C)(C)OC[C@H]1O[C@H](Sc2ccccc2)[C@H](O[Si](C)(C)C(C)(C)C)[C@@H](O)[C@@H]1O. The number of rotatable bonds is 7. The lowest BCUT2D eigenvalue weighted by molar-refractivity contribution is -0.200. The molecule has 0 radical (unpaired) electrons. The van der Waals surface area contributed by atoms with E-state index >= 15 is 0 Å². The van der Waals surface area contributed by atoms with E-state index in [9.17, 15) is 10.2 Å². The van der Waals surface area contributed by atoms with Crippen LogP contribution < -0.4 is 0 Å². The van der Waals surface area contributed by atoms with Crippen molar-refractivity contribution in [2.24, 2.45) is 0 Å². The third-order valence-corrected chi connectivity index (χ3v) is 17.4. The number of aliphatic hydroxyl groups excluding tert-OH is 2. The van der Waals surface area contributed by atoms with Crippen molar-refractivity contribution in [1.29, 1.82) is 0 Å². The molecule has 2 rings (SSSR count). The first kappa shape index (κ1) is 28.0. The topological polar surface area (TPSA) is 68.2 Å². The molecule has 2 N–H and O–H groups in total. The predicted molar refractivity (Wildman–Crippen MR) is 138 cm³/mol. The van der Waals surface area contributed by atoms with Crippen LogP contribution in [0.25, 0.3) is 0 Å². The maximum Gasteiger partial charge on any atom is 0.192 e. The Labute approximate surface area is 201 Å². The Balaban J connectivity index is 2.27. The van der Waals surface area contributed by atoms with Gasteiger partial charge in [0.1, 0.15) is 29.9 Å². The van der Waals surface area contributed by atoms with E-state index in [2.05, 4.69) is 67.7 Å². The molecule has 32 heavy (non-hydrogen) atoms. The average molecular weight is 501 g/mol. The predicted octanol–water partition coefficient (Wildman–Crippen LogP) is 5.64. The Morgan fingerprint density at radius 2 is 1.41 bits per heavy atom. The van der Waals surface area contributed by atoms with Crippen molar-refractivity contribution in [3.05, 3.63) is 30.3 Å². The lowest BCUT2D eigenvalue weighted by atomic mass is 10.0. The van der Waals surface area contributed by atoms with Gasteiger partial charge < -0.3 is 23.8 Å². The van der Waals surface area contributed by atoms with Crippen molar-refractivity contribution in [3.63, 3.8) is 0 Å². The van der Waals surface area contributed by atoms with Gasteiger partial charge in [-0.05, 0) is 48.4 Å². The molecule has 0 bridgehead atoms. The Hall–Kier alpha value is -0.196. The molecule has 5 nitrogen and oxygen atoms in total. The Morgan fingerprint density at radius 1 is 0.875 bits per heavy atom. The van der Waals surface area contributed by atoms with Crippen LogP contribution in [0.2, 0.25) is 36.3 Å². The van der Waals surface area contributed by atoms with Crippen molar-refractivity contribution >= 4 is 28.4 Å². The molecule has 5 atom stereocenters. The second kappa shape index (κ2) is 10.2. The third kappa shape index (κ3) is 6.69. The molecule has 0 amide bonds. The van der Waals surface area contributed by atoms with Crippen molar-refractivity contribution in [3.8, 4) is 0 Å². The van der Waals surface area contributed by atoms with Crippen LogP contribution >= 0.6 is 11.8 Å². The standard InChI is InChI=1S/C24H44O5SSi2/c1-23(2,3)31(7,8)27-16-18-19(25)20(26)21(29-32(9,10)24(4,5)6)22(28-18)30-17-14-12-11-13-15-17/h11-15,18-22,25-26H,16H2,1-10H3/t18-,19-,20+,21-,22-/m1/s1. The first-order valence-corrected chi connectivity index (χ1v) is 18.2. The number of hydrogen-bond donors (Lipinski definition) is 2. The van der Waals surface area contributed by atoms with E-state index in [4.69, 9.17) is 13.6 Å². The van der Waals surface area contributed by atoms with Gasteiger partial charge in [0.05, 0.1) is 6.61 Å². The van der Waals surface area contributed by atoms with Crippen molar-refractivity contribution in [1.82, 2.24) is 0 Å². The summed E-state index contributed by atoms with van der Waals surface area (Å²) in [5.41, 5.74) is -0.446. The van der Waals surface area contributed by atoms with Crippen LogP contribution in [0.15, 0.2) is 35.2 Å². The van der Waals surface area contributed by atoms with Crippen LogP contribution in [0.4, 0.5) is 0 Å². The molecule has 1 aliphatic heterocycles. The summed E-state index contributed by atoms with van der Waals surface area (Å²) >= 11 is 1.53. The van der Waals surface area contributed by atoms with Crippen molar-refractivity contribution in [2.75, 3.05) is 6.61 Å². The minimum atomic E-state index is -2.21. The highest BCUT2D eigenvalue weighted by Gasteiger charge is 2.50. The van der Waals surface area contributed by atoms with Gasteiger partial charge in [-0.25, -0.2) is 0 Å². The Morgan fingerprint density at radius 3 is 1.91 bits per heavy atom. The molecule has 184 valence electrons. The number of thioether (sulfide) groups is 1. The van der Waals surface area contributed by atoms with Gasteiger partial charge in [-0.2, -0.15) is 0 Å². The van der Waals surface area contributed by atoms with E-state index in [-0.39, 0.29) is 16.7 Å². The summed E-state index contributed by atoms with van der Waals surface area (Å²) in [4.78, 5) is 1.04. The maximum absolute atomic E-state index is 11.2. The van der Waals surface area contributed by atoms with Gasteiger partial charge in [0, 0.05) is 4.90 Å². The monoisotopic (exact) mass is 500 g/mol. The second-order valence-electron chi connectivity index (χ2n) is 11.9. The normalized spacial score (nSPS) is 28.1. The fraction of sp³-hybridized carbons (Fsp3) is 0.750. The summed E-state index contributed by atoms with van der Waals surface area (Å²) in [5, 5.41) is 22.2. The van der Waals surface area contributed by atoms with Crippen molar-refractivity contribution in [2.45, 2.75) is 113 Å². The van der Waals surface area contributed by atoms with Crippen molar-refractivity contribution < 1.29 is 23.8 Å². The first-order valence-electron chi connectivity index (χ1n) is 11.5. The molecule has 1 heterocycles. The zero-order chi connectivity index (χ0) is 24.5. The van der Waals surface area contributed by atoms with Crippen LogP contribution in [0.1, 0.15) is 41.5 Å². The molecule has 0 aromatic heterocycles. The van der Waals surface area contributed by atoms with Crippen LogP contribution in [0.5, 0.6) is 0 Å². The van der Waals surface area contributed by atoms with Gasteiger partial charge in [0.15, 0.2) is 16.6 Å². The van der Waals surface area contributed by atoms with Gasteiger partial charge in [-0.1, -0.05) is 71.5 Å². The maximum atomic E-state index is 11.2. The molecule has 1 aromatic rings. The highest BCUT2D eigenvalue weighted by atomic mass is 32.2. The number of ether oxygens (including phenoxy) is 1. The number of aliphatic hydroxyl groups is 2. The molecule has 0 spiro atoms. The zero-order valence-corrected chi connectivity index (χ0v) is 24.3. The molecule has 8 heteroatoms. The third-order valence-electron chi connectivity index (χ3n) is 7.29. The molecule has 1 aromatic carbocycles. The van der Waals surface area contributed by atoms with E-state index in [0.717, 1.165) is 4.90 Å². The Kier molecular flexibility index (Phi) is 8.94. The van der Waals surface area contributed by atoms with Gasteiger partial charge >= 0.3 is 0 Å². The number of hydrogen-bond acceptors (Lipinski definition) is 6. The Bertz CT molecular complexity index is 728. The van der Waals surface area contributed by atoms with E-state index < -0.39 is 46.5 Å². The quantitative estimate of drug-likeness (QED) is 0.472. The van der Waals surface area contributed by atoms with Crippen LogP contribution in [-0.2, 0) is 13.6 Å². The lowest BCUT2D eigenvalue weighted by Gasteiger charge is -2.48. The second-order valence-corrected chi connectivity index (χ2v) is 22.6. The minimum absolute atomic E-state index is 0.0259. The summed E-state index contributed by atoms with van der Waals surface area (Å²) in [6.45, 7) is 22.0. The molecular weight excluding hydrogens is 456 g/mol. The molecule has 0 saturated carbocycles. The summed E-state index contributed by atoms with van der Waals surface area (Å²) in [5.74, 6) is 0. The summed E-state index contributed by atoms with van der Waals surface area (Å²) < 4.78 is 19.4. The molecule has 1 fully saturated rings.